The molecule has 0 bridgehead atoms. The third kappa shape index (κ3) is 1.20. The lowest BCUT2D eigenvalue weighted by molar-refractivity contribution is 0.0326. The molecule has 14 heavy (non-hydrogen) atoms. The summed E-state index contributed by atoms with van der Waals surface area (Å²) in [6, 6.07) is 5.21. The van der Waals surface area contributed by atoms with Crippen molar-refractivity contribution in [3.63, 3.8) is 0 Å². The van der Waals surface area contributed by atoms with Gasteiger partial charge in [0.05, 0.1) is 6.10 Å². The molecular weight excluding hydrogens is 180 g/mol. The highest BCUT2D eigenvalue weighted by atomic mass is 16.3. The van der Waals surface area contributed by atoms with Crippen LogP contribution in [0.15, 0.2) is 18.2 Å². The highest BCUT2D eigenvalue weighted by Crippen LogP contribution is 2.33. The first-order valence-corrected chi connectivity index (χ1v) is 4.43. The van der Waals surface area contributed by atoms with Crippen LogP contribution in [0.5, 0.6) is 0 Å². The molecule has 4 heteroatoms. The Labute approximate surface area is 81.5 Å². The topological polar surface area (TPSA) is 90.3 Å². The van der Waals surface area contributed by atoms with E-state index in [-0.39, 0.29) is 5.84 Å². The molecule has 0 aromatic heterocycles. The third-order valence-corrected chi connectivity index (χ3v) is 2.60. The van der Waals surface area contributed by atoms with Crippen LogP contribution in [0.25, 0.3) is 0 Å². The highest BCUT2D eigenvalue weighted by Gasteiger charge is 2.31. The minimum absolute atomic E-state index is 0.0249. The van der Waals surface area contributed by atoms with E-state index < -0.39 is 12.2 Å². The minimum Gasteiger partial charge on any atom is -0.390 e. The number of aliphatic hydroxyl groups is 2. The molecule has 1 aromatic rings. The normalized spacial score (nSPS) is 24.7. The standard InChI is InChI=1S/C10H12N2O2/c11-10(12)6-3-1-2-5-7(6)4-8(13)9(5)14/h1-3,8-9,13-14H,4H2,(H3,11,12). The lowest BCUT2D eigenvalue weighted by atomic mass is 10.0. The first kappa shape index (κ1) is 9.18. The lowest BCUT2D eigenvalue weighted by Gasteiger charge is -2.07. The van der Waals surface area contributed by atoms with E-state index in [2.05, 4.69) is 0 Å². The van der Waals surface area contributed by atoms with Gasteiger partial charge in [-0.15, -0.1) is 0 Å². The average molecular weight is 192 g/mol. The van der Waals surface area contributed by atoms with Gasteiger partial charge in [-0.05, 0) is 11.1 Å². The van der Waals surface area contributed by atoms with Crippen LogP contribution in [0.1, 0.15) is 22.8 Å². The Morgan fingerprint density at radius 1 is 1.43 bits per heavy atom. The fraction of sp³-hybridized carbons (Fsp3) is 0.300. The average Bonchev–Trinajstić information content (AvgIpc) is 2.43. The van der Waals surface area contributed by atoms with Crippen LogP contribution in [0.4, 0.5) is 0 Å². The van der Waals surface area contributed by atoms with Crippen LogP contribution >= 0.6 is 0 Å². The number of benzene rings is 1. The maximum absolute atomic E-state index is 9.59. The van der Waals surface area contributed by atoms with Gasteiger partial charge in [0.15, 0.2) is 0 Å². The van der Waals surface area contributed by atoms with Gasteiger partial charge in [0, 0.05) is 12.0 Å². The van der Waals surface area contributed by atoms with Crippen LogP contribution in [-0.4, -0.2) is 22.2 Å². The molecule has 74 valence electrons. The van der Waals surface area contributed by atoms with E-state index in [0.29, 0.717) is 17.5 Å². The van der Waals surface area contributed by atoms with Gasteiger partial charge in [0.25, 0.3) is 0 Å². The van der Waals surface area contributed by atoms with E-state index >= 15 is 0 Å². The summed E-state index contributed by atoms with van der Waals surface area (Å²) in [6.45, 7) is 0. The molecule has 0 saturated heterocycles. The molecule has 5 N–H and O–H groups in total. The number of fused-ring (bicyclic) bond motifs is 1. The third-order valence-electron chi connectivity index (χ3n) is 2.60. The number of hydrogen-bond donors (Lipinski definition) is 4. The van der Waals surface area contributed by atoms with E-state index in [9.17, 15) is 10.2 Å². The van der Waals surface area contributed by atoms with Gasteiger partial charge in [-0.25, -0.2) is 0 Å². The molecule has 0 heterocycles. The molecule has 0 saturated carbocycles. The zero-order valence-corrected chi connectivity index (χ0v) is 7.57. The van der Waals surface area contributed by atoms with Crippen LogP contribution in [0.2, 0.25) is 0 Å². The molecular formula is C10H12N2O2. The lowest BCUT2D eigenvalue weighted by Crippen LogP contribution is -2.14. The van der Waals surface area contributed by atoms with Crippen molar-refractivity contribution in [1.29, 1.82) is 5.41 Å². The second-order valence-corrected chi connectivity index (χ2v) is 3.50. The quantitative estimate of drug-likeness (QED) is 0.370. The zero-order valence-electron chi connectivity index (χ0n) is 7.57. The second-order valence-electron chi connectivity index (χ2n) is 3.50. The van der Waals surface area contributed by atoms with Crippen molar-refractivity contribution in [2.75, 3.05) is 0 Å². The van der Waals surface area contributed by atoms with E-state index in [0.717, 1.165) is 5.56 Å². The molecule has 2 rings (SSSR count). The fourth-order valence-electron chi connectivity index (χ4n) is 1.89. The fourth-order valence-corrected chi connectivity index (χ4v) is 1.89. The van der Waals surface area contributed by atoms with Gasteiger partial charge in [-0.3, -0.25) is 5.41 Å². The molecule has 0 fully saturated rings. The van der Waals surface area contributed by atoms with Crippen molar-refractivity contribution in [3.05, 3.63) is 34.9 Å². The maximum Gasteiger partial charge on any atom is 0.123 e. The Bertz CT molecular complexity index is 390. The molecule has 1 aliphatic rings. The van der Waals surface area contributed by atoms with Crippen LogP contribution in [-0.2, 0) is 6.42 Å². The Kier molecular flexibility index (Phi) is 2.02. The molecule has 2 unspecified atom stereocenters. The molecule has 0 amide bonds. The van der Waals surface area contributed by atoms with Gasteiger partial charge < -0.3 is 15.9 Å². The summed E-state index contributed by atoms with van der Waals surface area (Å²) in [7, 11) is 0. The van der Waals surface area contributed by atoms with Crippen molar-refractivity contribution in [1.82, 2.24) is 0 Å². The van der Waals surface area contributed by atoms with E-state index in [1.54, 1.807) is 18.2 Å². The van der Waals surface area contributed by atoms with E-state index in [4.69, 9.17) is 11.1 Å². The van der Waals surface area contributed by atoms with Crippen molar-refractivity contribution in [2.24, 2.45) is 5.73 Å². The smallest absolute Gasteiger partial charge is 0.123 e. The number of aliphatic hydroxyl groups excluding tert-OH is 2. The predicted octanol–water partition coefficient (Wildman–Crippen LogP) is -0.0789. The van der Waals surface area contributed by atoms with Crippen molar-refractivity contribution < 1.29 is 10.2 Å². The number of nitrogens with one attached hydrogen (secondary N) is 1. The van der Waals surface area contributed by atoms with Gasteiger partial charge in [-0.1, -0.05) is 18.2 Å². The summed E-state index contributed by atoms with van der Waals surface area (Å²) in [5.74, 6) is -0.0249. The second kappa shape index (κ2) is 3.08. The molecule has 4 nitrogen and oxygen atoms in total. The van der Waals surface area contributed by atoms with Crippen molar-refractivity contribution >= 4 is 5.84 Å². The van der Waals surface area contributed by atoms with Gasteiger partial charge in [0.1, 0.15) is 11.9 Å². The molecule has 1 aromatic carbocycles. The Hall–Kier alpha value is -1.39. The number of nitrogens with two attached hydrogens (primary N) is 1. The van der Waals surface area contributed by atoms with Crippen molar-refractivity contribution in [2.45, 2.75) is 18.6 Å². The Balaban J connectivity index is 2.56. The van der Waals surface area contributed by atoms with E-state index in [1.165, 1.54) is 0 Å². The molecule has 0 aliphatic heterocycles. The molecule has 1 aliphatic carbocycles. The zero-order chi connectivity index (χ0) is 10.3. The summed E-state index contributed by atoms with van der Waals surface area (Å²) < 4.78 is 0. The summed E-state index contributed by atoms with van der Waals surface area (Å²) in [5, 5.41) is 26.4. The Morgan fingerprint density at radius 2 is 2.14 bits per heavy atom. The highest BCUT2D eigenvalue weighted by molar-refractivity contribution is 5.97. The van der Waals surface area contributed by atoms with Crippen LogP contribution in [0, 0.1) is 5.41 Å². The minimum atomic E-state index is -0.843. The summed E-state index contributed by atoms with van der Waals surface area (Å²) in [5.41, 5.74) is 7.48. The first-order valence-electron chi connectivity index (χ1n) is 4.43. The van der Waals surface area contributed by atoms with E-state index in [1.807, 2.05) is 0 Å². The number of rotatable bonds is 1. The van der Waals surface area contributed by atoms with Gasteiger partial charge >= 0.3 is 0 Å². The number of hydrogen-bond acceptors (Lipinski definition) is 3. The van der Waals surface area contributed by atoms with Crippen LogP contribution in [0.3, 0.4) is 0 Å². The summed E-state index contributed by atoms with van der Waals surface area (Å²) >= 11 is 0. The summed E-state index contributed by atoms with van der Waals surface area (Å²) in [6.07, 6.45) is -1.25. The Morgan fingerprint density at radius 3 is 2.79 bits per heavy atom. The molecule has 0 spiro atoms. The monoisotopic (exact) mass is 192 g/mol. The SMILES string of the molecule is N=C(N)c1cccc2c1CC(O)C2O. The number of nitrogen functional groups attached to an aromatic ring is 1. The number of amidine groups is 1. The van der Waals surface area contributed by atoms with Crippen LogP contribution < -0.4 is 5.73 Å². The largest absolute Gasteiger partial charge is 0.390 e. The summed E-state index contributed by atoms with van der Waals surface area (Å²) in [4.78, 5) is 0. The van der Waals surface area contributed by atoms with Crippen molar-refractivity contribution in [3.8, 4) is 0 Å². The predicted molar refractivity (Wildman–Crippen MR) is 52.1 cm³/mol. The van der Waals surface area contributed by atoms with Gasteiger partial charge in [-0.2, -0.15) is 0 Å². The maximum atomic E-state index is 9.59. The van der Waals surface area contributed by atoms with Gasteiger partial charge in [0.2, 0.25) is 0 Å². The molecule has 2 atom stereocenters. The molecule has 0 radical (unpaired) electrons. The first-order chi connectivity index (χ1) is 6.61.